The van der Waals surface area contributed by atoms with Crippen molar-refractivity contribution in [3.8, 4) is 0 Å². The number of likely N-dealkylation sites (N-methyl/N-ethyl adjacent to an activating group) is 1. The molecule has 0 aliphatic heterocycles. The van der Waals surface area contributed by atoms with E-state index in [1.54, 1.807) is 61.5 Å². The number of nitrogens with one attached hydrogen (secondary N) is 1. The van der Waals surface area contributed by atoms with Crippen molar-refractivity contribution in [1.82, 2.24) is 10.2 Å². The Balaban J connectivity index is 1.88. The number of hydrogen-bond acceptors (Lipinski definition) is 4. The summed E-state index contributed by atoms with van der Waals surface area (Å²) in [6.07, 6.45) is -4.91. The first kappa shape index (κ1) is 36.1. The molecule has 0 fully saturated rings. The Morgan fingerprint density at radius 1 is 0.830 bits per heavy atom. The molecular weight excluding hydrogens is 698 g/mol. The summed E-state index contributed by atoms with van der Waals surface area (Å²) in [6.45, 7) is 0.614. The van der Waals surface area contributed by atoms with Crippen molar-refractivity contribution in [2.45, 2.75) is 37.0 Å². The lowest BCUT2D eigenvalue weighted by Gasteiger charge is -2.34. The summed E-state index contributed by atoms with van der Waals surface area (Å²) in [5, 5.41) is 2.44. The van der Waals surface area contributed by atoms with Gasteiger partial charge in [0.15, 0.2) is 0 Å². The van der Waals surface area contributed by atoms with Gasteiger partial charge in [-0.1, -0.05) is 89.4 Å². The third-order valence-corrected chi connectivity index (χ3v) is 9.99. The zero-order valence-electron chi connectivity index (χ0n) is 24.8. The van der Waals surface area contributed by atoms with Crippen LogP contribution in [0, 0.1) is 0 Å². The van der Waals surface area contributed by atoms with Crippen molar-refractivity contribution in [3.63, 3.8) is 0 Å². The number of amides is 2. The van der Waals surface area contributed by atoms with E-state index in [0.29, 0.717) is 15.9 Å². The number of benzene rings is 4. The van der Waals surface area contributed by atoms with E-state index in [-0.39, 0.29) is 40.0 Å². The smallest absolute Gasteiger partial charge is 0.355 e. The van der Waals surface area contributed by atoms with E-state index in [4.69, 9.17) is 34.8 Å². The number of hydrogen-bond donors (Lipinski definition) is 1. The molecule has 0 saturated carbocycles. The molecule has 47 heavy (non-hydrogen) atoms. The molecule has 0 spiro atoms. The maximum Gasteiger partial charge on any atom is 0.417 e. The summed E-state index contributed by atoms with van der Waals surface area (Å²) >= 11 is 18.8. The SMILES string of the molecule is CCNC(=O)C(Cc1ccccc1)N(Cc1c(Cl)cccc1Cl)C(=O)CN(c1ccc(Cl)c(C(F)(F)F)c1)S(=O)(=O)c1ccccc1. The molecule has 1 N–H and O–H groups in total. The van der Waals surface area contributed by atoms with Crippen LogP contribution in [0.5, 0.6) is 0 Å². The van der Waals surface area contributed by atoms with Gasteiger partial charge in [0.2, 0.25) is 11.8 Å². The highest BCUT2D eigenvalue weighted by atomic mass is 35.5. The third kappa shape index (κ3) is 8.78. The van der Waals surface area contributed by atoms with Crippen LogP contribution in [0.15, 0.2) is 102 Å². The molecule has 0 saturated heterocycles. The van der Waals surface area contributed by atoms with E-state index < -0.39 is 56.9 Å². The van der Waals surface area contributed by atoms with E-state index in [9.17, 15) is 31.2 Å². The highest BCUT2D eigenvalue weighted by Gasteiger charge is 2.38. The molecule has 2 amide bonds. The molecule has 0 aromatic heterocycles. The normalized spacial score (nSPS) is 12.3. The lowest BCUT2D eigenvalue weighted by molar-refractivity contribution is -0.140. The summed E-state index contributed by atoms with van der Waals surface area (Å²) in [7, 11) is -4.64. The van der Waals surface area contributed by atoms with Gasteiger partial charge in [0, 0.05) is 35.1 Å². The van der Waals surface area contributed by atoms with Gasteiger partial charge in [-0.3, -0.25) is 13.9 Å². The Kier molecular flexibility index (Phi) is 11.8. The van der Waals surface area contributed by atoms with Crippen LogP contribution >= 0.6 is 34.8 Å². The Morgan fingerprint density at radius 2 is 1.43 bits per heavy atom. The van der Waals surface area contributed by atoms with Crippen LogP contribution in [0.1, 0.15) is 23.6 Å². The van der Waals surface area contributed by atoms with Crippen LogP contribution in [-0.2, 0) is 38.8 Å². The molecule has 1 atom stereocenters. The summed E-state index contributed by atoms with van der Waals surface area (Å²) in [5.74, 6) is -1.45. The minimum atomic E-state index is -4.93. The van der Waals surface area contributed by atoms with Crippen molar-refractivity contribution in [3.05, 3.63) is 129 Å². The van der Waals surface area contributed by atoms with Gasteiger partial charge in [0.05, 0.1) is 21.2 Å². The number of carbonyl (C=O) groups is 2. The first-order valence-corrected chi connectivity index (χ1v) is 16.8. The standard InChI is InChI=1S/C33H29Cl3F3N3O4S/c1-2-40-32(44)30(18-22-10-5-3-6-11-22)41(20-25-27(34)14-9-15-28(25)35)31(43)21-42(47(45,46)24-12-7-4-8-13-24)23-16-17-29(36)26(19-23)33(37,38)39/h3-17,19,30H,2,18,20-21H2,1H3,(H,40,44). The largest absolute Gasteiger partial charge is 0.417 e. The average molecular weight is 727 g/mol. The van der Waals surface area contributed by atoms with Crippen LogP contribution in [0.2, 0.25) is 15.1 Å². The fraction of sp³-hybridized carbons (Fsp3) is 0.212. The fourth-order valence-electron chi connectivity index (χ4n) is 4.83. The fourth-order valence-corrected chi connectivity index (χ4v) is 7.00. The summed E-state index contributed by atoms with van der Waals surface area (Å²) < 4.78 is 70.3. The molecule has 1 unspecified atom stereocenters. The highest BCUT2D eigenvalue weighted by Crippen LogP contribution is 2.38. The number of rotatable bonds is 12. The van der Waals surface area contributed by atoms with Crippen molar-refractivity contribution >= 4 is 62.3 Å². The van der Waals surface area contributed by atoms with E-state index in [0.717, 1.165) is 17.0 Å². The second kappa shape index (κ2) is 15.4. The van der Waals surface area contributed by atoms with E-state index >= 15 is 0 Å². The lowest BCUT2D eigenvalue weighted by atomic mass is 10.0. The summed E-state index contributed by atoms with van der Waals surface area (Å²) in [5.41, 5.74) is -0.781. The Bertz CT molecular complexity index is 1810. The van der Waals surface area contributed by atoms with Gasteiger partial charge in [0.25, 0.3) is 10.0 Å². The predicted molar refractivity (Wildman–Crippen MR) is 177 cm³/mol. The number of nitrogens with zero attached hydrogens (tertiary/aromatic N) is 2. The van der Waals surface area contributed by atoms with Gasteiger partial charge < -0.3 is 10.2 Å². The maximum absolute atomic E-state index is 14.4. The van der Waals surface area contributed by atoms with Gasteiger partial charge in [-0.2, -0.15) is 13.2 Å². The minimum Gasteiger partial charge on any atom is -0.355 e. The molecule has 4 rings (SSSR count). The molecule has 0 radical (unpaired) electrons. The molecule has 0 aliphatic rings. The zero-order chi connectivity index (χ0) is 34.4. The number of sulfonamides is 1. The molecule has 7 nitrogen and oxygen atoms in total. The first-order chi connectivity index (χ1) is 22.2. The predicted octanol–water partition coefficient (Wildman–Crippen LogP) is 7.64. The summed E-state index contributed by atoms with van der Waals surface area (Å²) in [4.78, 5) is 28.9. The monoisotopic (exact) mass is 725 g/mol. The molecule has 4 aromatic carbocycles. The quantitative estimate of drug-likeness (QED) is 0.163. The average Bonchev–Trinajstić information content (AvgIpc) is 3.03. The highest BCUT2D eigenvalue weighted by molar-refractivity contribution is 7.92. The number of carbonyl (C=O) groups excluding carboxylic acids is 2. The number of halogens is 6. The minimum absolute atomic E-state index is 0.0189. The third-order valence-electron chi connectivity index (χ3n) is 7.17. The van der Waals surface area contributed by atoms with E-state index in [1.807, 2.05) is 0 Å². The van der Waals surface area contributed by atoms with Gasteiger partial charge in [0.1, 0.15) is 12.6 Å². The van der Waals surface area contributed by atoms with Crippen molar-refractivity contribution in [1.29, 1.82) is 0 Å². The van der Waals surface area contributed by atoms with E-state index in [2.05, 4.69) is 5.32 Å². The molecule has 4 aromatic rings. The molecule has 248 valence electrons. The molecular formula is C33H29Cl3F3N3O4S. The Labute approximate surface area is 285 Å². The Hall–Kier alpha value is -3.77. The van der Waals surface area contributed by atoms with Crippen LogP contribution < -0.4 is 9.62 Å². The van der Waals surface area contributed by atoms with Crippen LogP contribution in [0.25, 0.3) is 0 Å². The van der Waals surface area contributed by atoms with Gasteiger partial charge in [-0.15, -0.1) is 0 Å². The second-order valence-electron chi connectivity index (χ2n) is 10.3. The summed E-state index contributed by atoms with van der Waals surface area (Å²) in [6, 6.07) is 21.8. The van der Waals surface area contributed by atoms with Gasteiger partial charge >= 0.3 is 6.18 Å². The lowest BCUT2D eigenvalue weighted by Crippen LogP contribution is -2.53. The van der Waals surface area contributed by atoms with Crippen LogP contribution in [-0.4, -0.2) is 44.3 Å². The van der Waals surface area contributed by atoms with E-state index in [1.165, 1.54) is 24.3 Å². The van der Waals surface area contributed by atoms with Crippen molar-refractivity contribution in [2.75, 3.05) is 17.4 Å². The van der Waals surface area contributed by atoms with Crippen LogP contribution in [0.4, 0.5) is 18.9 Å². The number of anilines is 1. The van der Waals surface area contributed by atoms with Crippen LogP contribution in [0.3, 0.4) is 0 Å². The number of alkyl halides is 3. The van der Waals surface area contributed by atoms with Crippen molar-refractivity contribution in [2.24, 2.45) is 0 Å². The van der Waals surface area contributed by atoms with Gasteiger partial charge in [-0.05, 0) is 55.0 Å². The molecule has 0 heterocycles. The molecule has 0 aliphatic carbocycles. The topological polar surface area (TPSA) is 86.8 Å². The molecule has 14 heteroatoms. The second-order valence-corrected chi connectivity index (χ2v) is 13.4. The molecule has 0 bridgehead atoms. The van der Waals surface area contributed by atoms with Gasteiger partial charge in [-0.25, -0.2) is 8.42 Å². The van der Waals surface area contributed by atoms with Crippen molar-refractivity contribution < 1.29 is 31.2 Å². The Morgan fingerprint density at radius 3 is 2.00 bits per heavy atom. The maximum atomic E-state index is 14.4. The zero-order valence-corrected chi connectivity index (χ0v) is 27.9. The first-order valence-electron chi connectivity index (χ1n) is 14.2.